The second-order valence-corrected chi connectivity index (χ2v) is 7.04. The van der Waals surface area contributed by atoms with Crippen LogP contribution in [0.2, 0.25) is 5.02 Å². The van der Waals surface area contributed by atoms with E-state index >= 15 is 0 Å². The molecular weight excluding hydrogens is 378 g/mol. The molecule has 2 aromatic heterocycles. The summed E-state index contributed by atoms with van der Waals surface area (Å²) in [6, 6.07) is 14.9. The summed E-state index contributed by atoms with van der Waals surface area (Å²) in [7, 11) is 0. The number of halogens is 1. The van der Waals surface area contributed by atoms with Gasteiger partial charge in [0.25, 0.3) is 0 Å². The van der Waals surface area contributed by atoms with Crippen LogP contribution in [0.4, 0.5) is 0 Å². The normalized spacial score (nSPS) is 19.4. The monoisotopic (exact) mass is 397 g/mol. The Hall–Kier alpha value is -2.83. The molecule has 4 rings (SSSR count). The van der Waals surface area contributed by atoms with E-state index in [0.29, 0.717) is 41.9 Å². The van der Waals surface area contributed by atoms with Crippen molar-refractivity contribution >= 4 is 18.0 Å². The van der Waals surface area contributed by atoms with Crippen molar-refractivity contribution in [3.05, 3.63) is 71.7 Å². The number of nitrogens with one attached hydrogen (secondary N) is 1. The van der Waals surface area contributed by atoms with Gasteiger partial charge in [0.2, 0.25) is 6.41 Å². The zero-order valence-corrected chi connectivity index (χ0v) is 15.9. The number of benzene rings is 1. The Morgan fingerprint density at radius 2 is 2.14 bits per heavy atom. The average Bonchev–Trinajstić information content (AvgIpc) is 3.24. The molecule has 144 valence electrons. The Morgan fingerprint density at radius 1 is 1.25 bits per heavy atom. The number of piperazine rings is 1. The SMILES string of the molecule is O=CN1CCNCC1(COc1cccnc1)c1ccc(-c2ccccc2Cl)o1. The third-order valence-corrected chi connectivity index (χ3v) is 5.27. The maximum absolute atomic E-state index is 11.9. The van der Waals surface area contributed by atoms with Crippen molar-refractivity contribution in [3.63, 3.8) is 0 Å². The number of hydrogen-bond donors (Lipinski definition) is 1. The molecule has 6 nitrogen and oxygen atoms in total. The predicted molar refractivity (Wildman–Crippen MR) is 106 cm³/mol. The number of carbonyl (C=O) groups excluding carboxylic acids is 1. The fourth-order valence-corrected chi connectivity index (χ4v) is 3.66. The Kier molecular flexibility index (Phi) is 5.32. The van der Waals surface area contributed by atoms with E-state index in [1.807, 2.05) is 42.5 Å². The second-order valence-electron chi connectivity index (χ2n) is 6.63. The van der Waals surface area contributed by atoms with Gasteiger partial charge in [-0.1, -0.05) is 23.7 Å². The van der Waals surface area contributed by atoms with Gasteiger partial charge in [-0.25, -0.2) is 0 Å². The minimum atomic E-state index is -0.769. The van der Waals surface area contributed by atoms with Gasteiger partial charge >= 0.3 is 0 Å². The quantitative estimate of drug-likeness (QED) is 0.646. The molecule has 0 radical (unpaired) electrons. The van der Waals surface area contributed by atoms with Crippen LogP contribution in [-0.4, -0.2) is 42.5 Å². The van der Waals surface area contributed by atoms with Crippen LogP contribution in [0.3, 0.4) is 0 Å². The van der Waals surface area contributed by atoms with Crippen molar-refractivity contribution in [3.8, 4) is 17.1 Å². The largest absolute Gasteiger partial charge is 0.489 e. The molecule has 7 heteroatoms. The summed E-state index contributed by atoms with van der Waals surface area (Å²) in [5.41, 5.74) is 0.0372. The smallest absolute Gasteiger partial charge is 0.210 e. The van der Waals surface area contributed by atoms with Crippen LogP contribution in [0, 0.1) is 0 Å². The van der Waals surface area contributed by atoms with Gasteiger partial charge < -0.3 is 19.4 Å². The molecule has 0 bridgehead atoms. The molecule has 3 aromatic rings. The topological polar surface area (TPSA) is 67.6 Å². The maximum atomic E-state index is 11.9. The van der Waals surface area contributed by atoms with Crippen molar-refractivity contribution in [2.24, 2.45) is 0 Å². The Bertz CT molecular complexity index is 947. The van der Waals surface area contributed by atoms with E-state index in [4.69, 9.17) is 20.8 Å². The summed E-state index contributed by atoms with van der Waals surface area (Å²) in [4.78, 5) is 17.7. The number of rotatable bonds is 6. The van der Waals surface area contributed by atoms with Crippen LogP contribution in [-0.2, 0) is 10.3 Å². The summed E-state index contributed by atoms with van der Waals surface area (Å²) in [5, 5.41) is 3.96. The van der Waals surface area contributed by atoms with Crippen LogP contribution in [0.5, 0.6) is 5.75 Å². The molecule has 1 aliphatic rings. The molecule has 28 heavy (non-hydrogen) atoms. The predicted octanol–water partition coefficient (Wildman–Crippen LogP) is 3.33. The zero-order valence-electron chi connectivity index (χ0n) is 15.2. The van der Waals surface area contributed by atoms with Gasteiger partial charge in [0, 0.05) is 31.4 Å². The van der Waals surface area contributed by atoms with E-state index in [2.05, 4.69) is 10.3 Å². The molecule has 1 saturated heterocycles. The molecule has 1 atom stereocenters. The van der Waals surface area contributed by atoms with Gasteiger partial charge in [0.05, 0.1) is 11.2 Å². The Labute approximate surface area is 168 Å². The highest BCUT2D eigenvalue weighted by Gasteiger charge is 2.44. The number of pyridine rings is 1. The fraction of sp³-hybridized carbons (Fsp3) is 0.238. The lowest BCUT2D eigenvalue weighted by Gasteiger charge is -2.43. The zero-order chi connectivity index (χ0) is 19.4. The number of ether oxygens (including phenoxy) is 1. The number of carbonyl (C=O) groups is 1. The number of nitrogens with zero attached hydrogens (tertiary/aromatic N) is 2. The highest BCUT2D eigenvalue weighted by molar-refractivity contribution is 6.33. The van der Waals surface area contributed by atoms with E-state index in [-0.39, 0.29) is 6.61 Å². The van der Waals surface area contributed by atoms with Crippen molar-refractivity contribution in [2.45, 2.75) is 5.54 Å². The van der Waals surface area contributed by atoms with Gasteiger partial charge in [-0.3, -0.25) is 9.78 Å². The van der Waals surface area contributed by atoms with E-state index in [1.165, 1.54) is 0 Å². The van der Waals surface area contributed by atoms with Crippen LogP contribution >= 0.6 is 11.6 Å². The van der Waals surface area contributed by atoms with Crippen molar-refractivity contribution in [1.82, 2.24) is 15.2 Å². The molecule has 0 saturated carbocycles. The average molecular weight is 398 g/mol. The number of aromatic nitrogens is 1. The third kappa shape index (κ3) is 3.48. The molecule has 0 aliphatic carbocycles. The molecule has 1 aliphatic heterocycles. The highest BCUT2D eigenvalue weighted by Crippen LogP contribution is 2.36. The lowest BCUT2D eigenvalue weighted by atomic mass is 9.93. The van der Waals surface area contributed by atoms with Gasteiger partial charge in [-0.05, 0) is 36.4 Å². The summed E-state index contributed by atoms with van der Waals surface area (Å²) >= 11 is 6.32. The first-order valence-corrected chi connectivity index (χ1v) is 9.41. The van der Waals surface area contributed by atoms with Gasteiger partial charge in [0.15, 0.2) is 0 Å². The maximum Gasteiger partial charge on any atom is 0.210 e. The molecule has 1 unspecified atom stereocenters. The molecule has 0 spiro atoms. The molecule has 1 amide bonds. The van der Waals surface area contributed by atoms with Crippen molar-refractivity contribution in [2.75, 3.05) is 26.2 Å². The van der Waals surface area contributed by atoms with Gasteiger partial charge in [-0.15, -0.1) is 0 Å². The van der Waals surface area contributed by atoms with E-state index in [1.54, 1.807) is 23.4 Å². The first-order chi connectivity index (χ1) is 13.7. The first-order valence-electron chi connectivity index (χ1n) is 9.04. The molecule has 3 heterocycles. The standard InChI is InChI=1S/C21H20ClN3O3/c22-18-6-2-1-5-17(18)19-7-8-20(28-19)21(13-24-10-11-25(21)15-26)14-27-16-4-3-9-23-12-16/h1-9,12,15,24H,10-11,13-14H2. The minimum Gasteiger partial charge on any atom is -0.489 e. The summed E-state index contributed by atoms with van der Waals surface area (Å²) in [6.45, 7) is 2.02. The number of amides is 1. The molecule has 1 aromatic carbocycles. The van der Waals surface area contributed by atoms with Crippen molar-refractivity contribution in [1.29, 1.82) is 0 Å². The van der Waals surface area contributed by atoms with Crippen LogP contribution in [0.1, 0.15) is 5.76 Å². The second kappa shape index (κ2) is 8.04. The fourth-order valence-electron chi connectivity index (χ4n) is 3.43. The lowest BCUT2D eigenvalue weighted by Crippen LogP contribution is -2.61. The third-order valence-electron chi connectivity index (χ3n) is 4.94. The number of hydrogen-bond acceptors (Lipinski definition) is 5. The van der Waals surface area contributed by atoms with E-state index in [0.717, 1.165) is 12.0 Å². The summed E-state index contributed by atoms with van der Waals surface area (Å²) in [5.74, 6) is 1.93. The van der Waals surface area contributed by atoms with Crippen LogP contribution < -0.4 is 10.1 Å². The summed E-state index contributed by atoms with van der Waals surface area (Å²) in [6.07, 6.45) is 4.18. The Balaban J connectivity index is 1.69. The molecule has 1 N–H and O–H groups in total. The van der Waals surface area contributed by atoms with Gasteiger partial charge in [-0.2, -0.15) is 0 Å². The van der Waals surface area contributed by atoms with E-state index < -0.39 is 5.54 Å². The lowest BCUT2D eigenvalue weighted by molar-refractivity contribution is -0.128. The molecular formula is C21H20ClN3O3. The summed E-state index contributed by atoms with van der Waals surface area (Å²) < 4.78 is 12.2. The number of furan rings is 1. The van der Waals surface area contributed by atoms with E-state index in [9.17, 15) is 4.79 Å². The van der Waals surface area contributed by atoms with Crippen LogP contribution in [0.15, 0.2) is 65.3 Å². The minimum absolute atomic E-state index is 0.236. The van der Waals surface area contributed by atoms with Crippen molar-refractivity contribution < 1.29 is 13.9 Å². The van der Waals surface area contributed by atoms with Crippen LogP contribution in [0.25, 0.3) is 11.3 Å². The highest BCUT2D eigenvalue weighted by atomic mass is 35.5. The van der Waals surface area contributed by atoms with Gasteiger partial charge in [0.1, 0.15) is 29.4 Å². The molecule has 1 fully saturated rings. The first kappa shape index (κ1) is 18.5. The Morgan fingerprint density at radius 3 is 2.93 bits per heavy atom.